The van der Waals surface area contributed by atoms with Crippen molar-refractivity contribution >= 4 is 73.4 Å². The van der Waals surface area contributed by atoms with Crippen LogP contribution in [0.5, 0.6) is 0 Å². The van der Waals surface area contributed by atoms with E-state index in [0.29, 0.717) is 0 Å². The van der Waals surface area contributed by atoms with Gasteiger partial charge in [0, 0.05) is 11.3 Å². The molecule has 2 atom stereocenters. The zero-order valence-electron chi connectivity index (χ0n) is 16.0. The summed E-state index contributed by atoms with van der Waals surface area (Å²) in [5.41, 5.74) is -0.313. The van der Waals surface area contributed by atoms with E-state index in [1.165, 1.54) is 12.5 Å². The SMILES string of the molecule is CO/N=C(\C(=O)NC1C(=O)N(S(=O)(=O)O)C1CCl)c1csc(NC(=O)CCl)n1.[H-].[Na+]. The maximum Gasteiger partial charge on any atom is 1.00 e. The number of nitrogens with one attached hydrogen (secondary N) is 2. The Bertz CT molecular complexity index is 932. The van der Waals surface area contributed by atoms with E-state index >= 15 is 0 Å². The summed E-state index contributed by atoms with van der Waals surface area (Å²) < 4.78 is 31.6. The van der Waals surface area contributed by atoms with Crippen molar-refractivity contribution in [2.45, 2.75) is 12.1 Å². The van der Waals surface area contributed by atoms with Crippen LogP contribution in [0.1, 0.15) is 7.12 Å². The Hall–Kier alpha value is -1.000. The number of β-lactam (4-membered cyclic amide) rings is 1. The topological polar surface area (TPSA) is 167 Å². The molecular formula is C12H14Cl2N5NaO7S2. The Labute approximate surface area is 202 Å². The van der Waals surface area contributed by atoms with Gasteiger partial charge < -0.3 is 16.9 Å². The van der Waals surface area contributed by atoms with E-state index in [4.69, 9.17) is 27.8 Å². The van der Waals surface area contributed by atoms with E-state index in [1.54, 1.807) is 0 Å². The summed E-state index contributed by atoms with van der Waals surface area (Å²) in [7, 11) is -3.63. The molecule has 1 aliphatic heterocycles. The molecular weight excluding hydrogens is 484 g/mol. The predicted octanol–water partition coefficient (Wildman–Crippen LogP) is -3.48. The molecule has 0 aromatic carbocycles. The van der Waals surface area contributed by atoms with Gasteiger partial charge in [-0.05, 0) is 0 Å². The minimum atomic E-state index is -4.81. The number of oxime groups is 1. The van der Waals surface area contributed by atoms with Crippen molar-refractivity contribution < 1.29 is 63.2 Å². The molecule has 1 aromatic rings. The number of carbonyl (C=O) groups is 3. The average molecular weight is 498 g/mol. The van der Waals surface area contributed by atoms with E-state index in [-0.39, 0.29) is 63.6 Å². The van der Waals surface area contributed by atoms with Crippen molar-refractivity contribution in [1.29, 1.82) is 0 Å². The summed E-state index contributed by atoms with van der Waals surface area (Å²) >= 11 is 12.0. The van der Waals surface area contributed by atoms with Crippen LogP contribution in [0.2, 0.25) is 0 Å². The molecule has 0 radical (unpaired) electrons. The van der Waals surface area contributed by atoms with Crippen LogP contribution in [0, 0.1) is 0 Å². The van der Waals surface area contributed by atoms with E-state index in [9.17, 15) is 22.8 Å². The van der Waals surface area contributed by atoms with E-state index in [2.05, 4.69) is 25.6 Å². The van der Waals surface area contributed by atoms with Gasteiger partial charge in [-0.3, -0.25) is 18.9 Å². The molecule has 0 aliphatic carbocycles. The largest absolute Gasteiger partial charge is 1.00 e. The molecule has 1 aromatic heterocycles. The minimum absolute atomic E-state index is 0. The molecule has 1 saturated heterocycles. The number of hydrogen-bond acceptors (Lipinski definition) is 9. The Morgan fingerprint density at radius 1 is 1.48 bits per heavy atom. The molecule has 3 amide bonds. The van der Waals surface area contributed by atoms with Crippen LogP contribution < -0.4 is 40.2 Å². The van der Waals surface area contributed by atoms with Crippen LogP contribution in [0.25, 0.3) is 0 Å². The number of alkyl halides is 2. The number of thiazole rings is 1. The quantitative estimate of drug-likeness (QED) is 0.0830. The van der Waals surface area contributed by atoms with Crippen molar-refractivity contribution in [3.8, 4) is 0 Å². The maximum absolute atomic E-state index is 12.5. The summed E-state index contributed by atoms with van der Waals surface area (Å²) in [5.74, 6) is -3.13. The fourth-order valence-electron chi connectivity index (χ4n) is 2.21. The van der Waals surface area contributed by atoms with Crippen LogP contribution in [0.15, 0.2) is 10.5 Å². The van der Waals surface area contributed by atoms with Gasteiger partial charge in [-0.1, -0.05) is 5.16 Å². The van der Waals surface area contributed by atoms with Crippen LogP contribution in [0.3, 0.4) is 0 Å². The number of halogens is 2. The van der Waals surface area contributed by atoms with E-state index in [0.717, 1.165) is 11.3 Å². The van der Waals surface area contributed by atoms with E-state index in [1.807, 2.05) is 0 Å². The van der Waals surface area contributed by atoms with Gasteiger partial charge in [0.1, 0.15) is 24.7 Å². The molecule has 29 heavy (non-hydrogen) atoms. The normalized spacial score (nSPS) is 19.1. The van der Waals surface area contributed by atoms with Gasteiger partial charge in [-0.25, -0.2) is 9.29 Å². The zero-order chi connectivity index (χ0) is 21.1. The molecule has 2 heterocycles. The Balaban J connectivity index is 0.00000420. The van der Waals surface area contributed by atoms with Crippen molar-refractivity contribution in [2.24, 2.45) is 5.16 Å². The molecule has 1 fully saturated rings. The number of rotatable bonds is 8. The molecule has 12 nitrogen and oxygen atoms in total. The first-order chi connectivity index (χ1) is 13.1. The van der Waals surface area contributed by atoms with Crippen LogP contribution >= 0.6 is 34.5 Å². The number of anilines is 1. The number of hydrogen-bond donors (Lipinski definition) is 3. The summed E-state index contributed by atoms with van der Waals surface area (Å²) in [5, 5.41) is 9.75. The molecule has 0 bridgehead atoms. The standard InChI is InChI=1S/C12H13Cl2N5O7S2.Na.H/c1-26-18-8(5-4-27-12(15-5)16-7(20)3-14)10(21)17-9-6(2-13)19(11(9)22)28(23,24)25;;/h4,6,9H,2-3H2,1H3,(H,17,21)(H,15,16,20)(H,23,24,25);;/q;+1;-1/b18-8-;;. The first-order valence-corrected chi connectivity index (χ1v) is 10.6. The van der Waals surface area contributed by atoms with Crippen molar-refractivity contribution in [2.75, 3.05) is 24.2 Å². The fraction of sp³-hybridized carbons (Fsp3) is 0.417. The fourth-order valence-corrected chi connectivity index (χ4v) is 4.27. The molecule has 1 aliphatic rings. The molecule has 0 spiro atoms. The summed E-state index contributed by atoms with van der Waals surface area (Å²) in [6.45, 7) is 0. The minimum Gasteiger partial charge on any atom is -1.00 e. The molecule has 0 saturated carbocycles. The number of aromatic nitrogens is 1. The summed E-state index contributed by atoms with van der Waals surface area (Å²) in [6.07, 6.45) is 0. The second-order valence-corrected chi connectivity index (χ2v) is 7.85. The van der Waals surface area contributed by atoms with Gasteiger partial charge in [0.15, 0.2) is 10.8 Å². The molecule has 17 heteroatoms. The van der Waals surface area contributed by atoms with Crippen LogP contribution in [-0.4, -0.2) is 76.6 Å². The Morgan fingerprint density at radius 2 is 2.14 bits per heavy atom. The van der Waals surface area contributed by atoms with Crippen molar-refractivity contribution in [1.82, 2.24) is 14.6 Å². The van der Waals surface area contributed by atoms with Gasteiger partial charge in [0.05, 0.1) is 6.04 Å². The maximum atomic E-state index is 12.5. The molecule has 2 rings (SSSR count). The Morgan fingerprint density at radius 3 is 2.66 bits per heavy atom. The third-order valence-corrected chi connectivity index (χ3v) is 5.64. The van der Waals surface area contributed by atoms with E-state index < -0.39 is 40.1 Å². The smallest absolute Gasteiger partial charge is 1.00 e. The number of carbonyl (C=O) groups excluding carboxylic acids is 3. The molecule has 3 N–H and O–H groups in total. The Kier molecular flexibility index (Phi) is 9.75. The van der Waals surface area contributed by atoms with Crippen molar-refractivity contribution in [3.63, 3.8) is 0 Å². The summed E-state index contributed by atoms with van der Waals surface area (Å²) in [4.78, 5) is 44.4. The van der Waals surface area contributed by atoms with Crippen LogP contribution in [-0.2, 0) is 29.5 Å². The second-order valence-electron chi connectivity index (χ2n) is 5.13. The van der Waals surface area contributed by atoms with Gasteiger partial charge in [0.25, 0.3) is 11.8 Å². The monoisotopic (exact) mass is 497 g/mol. The van der Waals surface area contributed by atoms with Crippen molar-refractivity contribution in [3.05, 3.63) is 11.1 Å². The first-order valence-electron chi connectivity index (χ1n) is 7.24. The summed E-state index contributed by atoms with van der Waals surface area (Å²) in [6, 6.07) is -2.48. The van der Waals surface area contributed by atoms with Gasteiger partial charge in [-0.2, -0.15) is 8.42 Å². The third kappa shape index (κ3) is 6.01. The first kappa shape index (κ1) is 26.0. The predicted molar refractivity (Wildman–Crippen MR) is 101 cm³/mol. The molecule has 156 valence electrons. The molecule has 2 unspecified atom stereocenters. The van der Waals surface area contributed by atoms with Gasteiger partial charge >= 0.3 is 39.9 Å². The van der Waals surface area contributed by atoms with Gasteiger partial charge in [-0.15, -0.1) is 34.5 Å². The van der Waals surface area contributed by atoms with Gasteiger partial charge in [0.2, 0.25) is 5.91 Å². The van der Waals surface area contributed by atoms with Crippen LogP contribution in [0.4, 0.5) is 5.13 Å². The number of amides is 3. The average Bonchev–Trinajstić information content (AvgIpc) is 3.08. The third-order valence-electron chi connectivity index (χ3n) is 3.37. The second kappa shape index (κ2) is 10.9. The zero-order valence-corrected chi connectivity index (χ0v) is 20.1. The number of nitrogens with zero attached hydrogens (tertiary/aromatic N) is 3.